The predicted octanol–water partition coefficient (Wildman–Crippen LogP) is 1.00. The molecule has 1 amide bonds. The minimum atomic E-state index is -2.97. The molecule has 3 aliphatic rings. The molecule has 13 heteroatoms. The molecule has 13 nitrogen and oxygen atoms in total. The number of aromatic amines is 1. The summed E-state index contributed by atoms with van der Waals surface area (Å²) in [6.07, 6.45) is -0.696. The van der Waals surface area contributed by atoms with Gasteiger partial charge in [-0.1, -0.05) is 13.0 Å². The van der Waals surface area contributed by atoms with Crippen molar-refractivity contribution in [3.63, 3.8) is 0 Å². The van der Waals surface area contributed by atoms with Crippen LogP contribution in [0.3, 0.4) is 0 Å². The van der Waals surface area contributed by atoms with Crippen LogP contribution in [0.25, 0.3) is 11.3 Å². The smallest absolute Gasteiger partial charge is 0.235 e. The van der Waals surface area contributed by atoms with Crippen LogP contribution in [0.15, 0.2) is 42.6 Å². The number of hydrogen-bond donors (Lipinski definition) is 6. The number of Topliss-reactive ketones (excluding diaryl/α,β-unsaturated/α-hetero) is 4. The first kappa shape index (κ1) is 28.2. The zero-order valence-electron chi connectivity index (χ0n) is 23.0. The van der Waals surface area contributed by atoms with E-state index in [4.69, 9.17) is 10.5 Å². The van der Waals surface area contributed by atoms with E-state index in [-0.39, 0.29) is 17.2 Å². The number of methoxy groups -OCH3 is 1. The molecule has 3 aliphatic carbocycles. The second-order valence-corrected chi connectivity index (χ2v) is 11.2. The summed E-state index contributed by atoms with van der Waals surface area (Å²) in [6.45, 7) is 1.64. The summed E-state index contributed by atoms with van der Waals surface area (Å²) < 4.78 is 5.17. The van der Waals surface area contributed by atoms with E-state index in [9.17, 15) is 39.3 Å². The molecule has 7 atom stereocenters. The van der Waals surface area contributed by atoms with E-state index in [2.05, 4.69) is 15.3 Å². The number of ketones is 4. The van der Waals surface area contributed by atoms with Crippen molar-refractivity contribution in [2.75, 3.05) is 12.4 Å². The normalized spacial score (nSPS) is 29.9. The standard InChI is InChI=1S/C30H28N4O9/c1-11-14-7-8-16(33-29-32-10-17(34-29)12-3-5-13(43-2)6-4-12)24(37)20(14)25(38)22-19(11)23(36)15-9-18(35)21(28(31)41)26(39)30(15,42)27(22)40/h3-8,10-11,15,19,21-23,36-37,42H,9H2,1-2H3,(H2,31,41)(H2,32,33,34)/t11-,15+,19+,21?,22?,23+,30+/m0/s1. The number of nitrogens with zero attached hydrogens (tertiary/aromatic N) is 1. The van der Waals surface area contributed by atoms with Gasteiger partial charge in [0.1, 0.15) is 11.5 Å². The first-order chi connectivity index (χ1) is 20.4. The lowest BCUT2D eigenvalue weighted by atomic mass is 9.50. The average molecular weight is 589 g/mol. The van der Waals surface area contributed by atoms with Gasteiger partial charge in [-0.3, -0.25) is 24.0 Å². The van der Waals surface area contributed by atoms with Crippen LogP contribution in [-0.2, 0) is 19.2 Å². The van der Waals surface area contributed by atoms with E-state index in [0.29, 0.717) is 17.0 Å². The molecule has 2 fully saturated rings. The monoisotopic (exact) mass is 588 g/mol. The van der Waals surface area contributed by atoms with Gasteiger partial charge in [0.05, 0.1) is 42.3 Å². The molecule has 3 aromatic rings. The van der Waals surface area contributed by atoms with Gasteiger partial charge in [-0.05, 0) is 47.4 Å². The van der Waals surface area contributed by atoms with Gasteiger partial charge in [0, 0.05) is 18.3 Å². The SMILES string of the molecule is COc1ccc(-c2cnc(Nc3ccc4c(c3O)C(=O)C3C(=O)[C@]5(O)C(=O)C(C(N)=O)C(=O)C[C@@H]5[C@@H](O)[C@@H]3[C@H]4C)[nH]2)cc1. The van der Waals surface area contributed by atoms with Crippen molar-refractivity contribution < 1.29 is 44.0 Å². The number of primary amides is 1. The van der Waals surface area contributed by atoms with Crippen LogP contribution in [0, 0.1) is 23.7 Å². The van der Waals surface area contributed by atoms with Crippen molar-refractivity contribution in [1.82, 2.24) is 9.97 Å². The Hall–Kier alpha value is -4.88. The van der Waals surface area contributed by atoms with Crippen molar-refractivity contribution in [3.8, 4) is 22.8 Å². The maximum Gasteiger partial charge on any atom is 0.235 e. The lowest BCUT2D eigenvalue weighted by Gasteiger charge is -2.52. The number of hydrogen-bond acceptors (Lipinski definition) is 11. The Bertz CT molecular complexity index is 1710. The van der Waals surface area contributed by atoms with E-state index in [0.717, 1.165) is 5.56 Å². The number of nitrogens with two attached hydrogens (primary N) is 1. The topological polar surface area (TPSA) is 222 Å². The Morgan fingerprint density at radius 1 is 1.12 bits per heavy atom. The summed E-state index contributed by atoms with van der Waals surface area (Å²) in [5.74, 6) is -12.5. The fraction of sp³-hybridized carbons (Fsp3) is 0.333. The number of fused-ring (bicyclic) bond motifs is 3. The fourth-order valence-electron chi connectivity index (χ4n) is 6.89. The first-order valence-corrected chi connectivity index (χ1v) is 13.6. The lowest BCUT2D eigenvalue weighted by molar-refractivity contribution is -0.189. The zero-order chi connectivity index (χ0) is 31.0. The van der Waals surface area contributed by atoms with Gasteiger partial charge in [-0.25, -0.2) is 4.98 Å². The number of aliphatic hydroxyl groups is 2. The van der Waals surface area contributed by atoms with Gasteiger partial charge in [0.15, 0.2) is 34.7 Å². The molecule has 43 heavy (non-hydrogen) atoms. The minimum absolute atomic E-state index is 0.0851. The molecule has 2 aromatic carbocycles. The van der Waals surface area contributed by atoms with Crippen LogP contribution in [0.1, 0.15) is 35.2 Å². The highest BCUT2D eigenvalue weighted by molar-refractivity contribution is 6.31. The van der Waals surface area contributed by atoms with Crippen molar-refractivity contribution >= 4 is 40.7 Å². The number of carbonyl (C=O) groups excluding carboxylic acids is 5. The van der Waals surface area contributed by atoms with Gasteiger partial charge in [-0.2, -0.15) is 0 Å². The highest BCUT2D eigenvalue weighted by Crippen LogP contribution is 2.54. The highest BCUT2D eigenvalue weighted by atomic mass is 16.5. The highest BCUT2D eigenvalue weighted by Gasteiger charge is 2.69. The molecule has 0 bridgehead atoms. The van der Waals surface area contributed by atoms with Crippen molar-refractivity contribution in [2.45, 2.75) is 31.0 Å². The van der Waals surface area contributed by atoms with Crippen LogP contribution in [-0.4, -0.2) is 73.1 Å². The zero-order valence-corrected chi connectivity index (χ0v) is 23.0. The number of aromatic nitrogens is 2. The molecule has 2 unspecified atom stereocenters. The summed E-state index contributed by atoms with van der Waals surface area (Å²) in [7, 11) is 1.56. The van der Waals surface area contributed by atoms with E-state index >= 15 is 0 Å². The third-order valence-corrected chi connectivity index (χ3v) is 9.09. The number of ether oxygens (including phenoxy) is 1. The second kappa shape index (κ2) is 9.85. The van der Waals surface area contributed by atoms with Crippen LogP contribution in [0.5, 0.6) is 11.5 Å². The summed E-state index contributed by atoms with van der Waals surface area (Å²) in [5.41, 5.74) is 3.92. The van der Waals surface area contributed by atoms with Crippen LogP contribution in [0.4, 0.5) is 11.6 Å². The number of nitrogens with one attached hydrogen (secondary N) is 2. The molecule has 6 rings (SSSR count). The Morgan fingerprint density at radius 2 is 1.81 bits per heavy atom. The van der Waals surface area contributed by atoms with E-state index < -0.39 is 82.5 Å². The summed E-state index contributed by atoms with van der Waals surface area (Å²) in [5, 5.41) is 36.9. The molecule has 0 saturated heterocycles. The third-order valence-electron chi connectivity index (χ3n) is 9.09. The molecule has 0 aliphatic heterocycles. The number of imidazole rings is 1. The van der Waals surface area contributed by atoms with Gasteiger partial charge in [0.25, 0.3) is 0 Å². The molecule has 0 radical (unpaired) electrons. The molecule has 1 heterocycles. The van der Waals surface area contributed by atoms with Crippen LogP contribution >= 0.6 is 0 Å². The van der Waals surface area contributed by atoms with Crippen LogP contribution < -0.4 is 15.8 Å². The average Bonchev–Trinajstić information content (AvgIpc) is 3.44. The first-order valence-electron chi connectivity index (χ1n) is 13.6. The van der Waals surface area contributed by atoms with Gasteiger partial charge in [-0.15, -0.1) is 0 Å². The summed E-state index contributed by atoms with van der Waals surface area (Å²) in [4.78, 5) is 72.6. The lowest BCUT2D eigenvalue weighted by Crippen LogP contribution is -2.72. The number of aromatic hydroxyl groups is 1. The molecule has 222 valence electrons. The van der Waals surface area contributed by atoms with Crippen LogP contribution in [0.2, 0.25) is 0 Å². The number of phenols is 1. The minimum Gasteiger partial charge on any atom is -0.505 e. The number of rotatable bonds is 5. The molecular weight excluding hydrogens is 560 g/mol. The Morgan fingerprint density at radius 3 is 2.47 bits per heavy atom. The number of aliphatic hydroxyl groups excluding tert-OH is 1. The number of H-pyrrole nitrogens is 1. The number of anilines is 2. The van der Waals surface area contributed by atoms with Gasteiger partial charge >= 0.3 is 0 Å². The van der Waals surface area contributed by atoms with E-state index in [1.165, 1.54) is 6.07 Å². The van der Waals surface area contributed by atoms with Gasteiger partial charge < -0.3 is 36.1 Å². The largest absolute Gasteiger partial charge is 0.505 e. The number of phenolic OH excluding ortho intramolecular Hbond substituents is 1. The molecule has 1 aromatic heterocycles. The summed E-state index contributed by atoms with van der Waals surface area (Å²) in [6, 6.07) is 10.3. The van der Waals surface area contributed by atoms with E-state index in [1.54, 1.807) is 38.4 Å². The maximum atomic E-state index is 13.9. The number of benzene rings is 2. The molecule has 7 N–H and O–H groups in total. The summed E-state index contributed by atoms with van der Waals surface area (Å²) >= 11 is 0. The Kier molecular flexibility index (Phi) is 6.47. The fourth-order valence-corrected chi connectivity index (χ4v) is 6.89. The van der Waals surface area contributed by atoms with E-state index in [1.807, 2.05) is 12.1 Å². The predicted molar refractivity (Wildman–Crippen MR) is 148 cm³/mol. The molecule has 0 spiro atoms. The van der Waals surface area contributed by atoms with Crippen molar-refractivity contribution in [3.05, 3.63) is 53.7 Å². The van der Waals surface area contributed by atoms with Crippen molar-refractivity contribution in [1.29, 1.82) is 0 Å². The quantitative estimate of drug-likeness (QED) is 0.182. The Balaban J connectivity index is 1.35. The van der Waals surface area contributed by atoms with Crippen molar-refractivity contribution in [2.24, 2.45) is 29.4 Å². The third kappa shape index (κ3) is 3.99. The maximum absolute atomic E-state index is 13.9. The second-order valence-electron chi connectivity index (χ2n) is 11.2. The molecular formula is C30H28N4O9. The Labute approximate surface area is 244 Å². The number of amides is 1. The molecule has 2 saturated carbocycles. The van der Waals surface area contributed by atoms with Gasteiger partial charge in [0.2, 0.25) is 11.9 Å². The number of carbonyl (C=O) groups is 5.